The number of thiocarbonyl (C=S) groups is 1. The average Bonchev–Trinajstić information content (AvgIpc) is 3.32. The summed E-state index contributed by atoms with van der Waals surface area (Å²) in [6.45, 7) is 0.199. The van der Waals surface area contributed by atoms with Crippen molar-refractivity contribution in [2.75, 3.05) is 6.54 Å². The summed E-state index contributed by atoms with van der Waals surface area (Å²) >= 11 is 11.3. The van der Waals surface area contributed by atoms with Crippen molar-refractivity contribution in [3.8, 4) is 0 Å². The van der Waals surface area contributed by atoms with Crippen LogP contribution < -0.4 is 11.1 Å². The van der Waals surface area contributed by atoms with Crippen LogP contribution in [0.1, 0.15) is 17.2 Å². The lowest BCUT2D eigenvalue weighted by atomic mass is 9.91. The van der Waals surface area contributed by atoms with Crippen LogP contribution in [-0.2, 0) is 10.3 Å². The van der Waals surface area contributed by atoms with E-state index < -0.39 is 23.3 Å². The molecule has 1 fully saturated rings. The van der Waals surface area contributed by atoms with Gasteiger partial charge in [0.2, 0.25) is 0 Å². The average molecular weight is 382 g/mol. The Labute approximate surface area is 153 Å². The van der Waals surface area contributed by atoms with Crippen molar-refractivity contribution in [1.82, 2.24) is 5.32 Å². The molecule has 1 heterocycles. The minimum Gasteiger partial charge on any atom is -0.390 e. The van der Waals surface area contributed by atoms with Gasteiger partial charge in [-0.2, -0.15) is 0 Å². The van der Waals surface area contributed by atoms with E-state index in [9.17, 15) is 8.78 Å². The van der Waals surface area contributed by atoms with E-state index in [2.05, 4.69) is 10.3 Å². The second-order valence-electron chi connectivity index (χ2n) is 5.47. The maximum absolute atomic E-state index is 13.7. The molecule has 0 aromatic heterocycles. The van der Waals surface area contributed by atoms with Crippen LogP contribution in [0.5, 0.6) is 0 Å². The van der Waals surface area contributed by atoms with Gasteiger partial charge in [-0.1, -0.05) is 35.9 Å². The molecule has 2 atom stereocenters. The van der Waals surface area contributed by atoms with Crippen LogP contribution in [0, 0.1) is 11.6 Å². The Kier molecular flexibility index (Phi) is 4.99. The van der Waals surface area contributed by atoms with Crippen LogP contribution in [0.2, 0.25) is 5.02 Å². The SMILES string of the molecule is N/C=N\C(=S)NC[C@]1(c2ccc(F)c(F)c2)O[C@@H]1c1ccccc1Cl. The lowest BCUT2D eigenvalue weighted by molar-refractivity contribution is 0.295. The van der Waals surface area contributed by atoms with Crippen molar-refractivity contribution in [1.29, 1.82) is 0 Å². The number of nitrogens with one attached hydrogen (secondary N) is 1. The molecule has 0 amide bonds. The Morgan fingerprint density at radius 2 is 2.08 bits per heavy atom. The number of nitrogens with two attached hydrogens (primary N) is 1. The first-order valence-corrected chi connectivity index (χ1v) is 8.16. The summed E-state index contributed by atoms with van der Waals surface area (Å²) in [7, 11) is 0. The molecule has 0 aliphatic carbocycles. The van der Waals surface area contributed by atoms with Crippen LogP contribution in [-0.4, -0.2) is 18.0 Å². The minimum atomic E-state index is -0.951. The predicted octanol–water partition coefficient (Wildman–Crippen LogP) is 3.45. The fourth-order valence-corrected chi connectivity index (χ4v) is 3.08. The van der Waals surface area contributed by atoms with Gasteiger partial charge >= 0.3 is 0 Å². The molecular formula is C17H14ClF2N3OS. The second-order valence-corrected chi connectivity index (χ2v) is 6.27. The molecule has 25 heavy (non-hydrogen) atoms. The second kappa shape index (κ2) is 7.03. The quantitative estimate of drug-likeness (QED) is 0.368. The van der Waals surface area contributed by atoms with Crippen LogP contribution in [0.25, 0.3) is 0 Å². The largest absolute Gasteiger partial charge is 0.390 e. The molecular weight excluding hydrogens is 368 g/mol. The molecule has 3 rings (SSSR count). The van der Waals surface area contributed by atoms with E-state index in [1.807, 2.05) is 12.1 Å². The van der Waals surface area contributed by atoms with E-state index in [1.165, 1.54) is 6.07 Å². The Hall–Kier alpha value is -2.09. The number of aliphatic imine (C=N–C) groups is 1. The molecule has 0 bridgehead atoms. The first-order chi connectivity index (χ1) is 12.0. The Morgan fingerprint density at radius 1 is 1.32 bits per heavy atom. The zero-order valence-electron chi connectivity index (χ0n) is 12.9. The van der Waals surface area contributed by atoms with E-state index in [4.69, 9.17) is 34.3 Å². The number of epoxide rings is 1. The molecule has 1 aliphatic rings. The monoisotopic (exact) mass is 381 g/mol. The number of nitrogens with zero attached hydrogens (tertiary/aromatic N) is 1. The van der Waals surface area contributed by atoms with E-state index in [0.29, 0.717) is 10.6 Å². The molecule has 0 spiro atoms. The van der Waals surface area contributed by atoms with Gasteiger partial charge in [0.1, 0.15) is 11.7 Å². The van der Waals surface area contributed by atoms with Gasteiger partial charge in [-0.05, 0) is 36.0 Å². The van der Waals surface area contributed by atoms with Crippen molar-refractivity contribution in [3.05, 3.63) is 70.2 Å². The molecule has 2 aromatic carbocycles. The molecule has 0 radical (unpaired) electrons. The summed E-state index contributed by atoms with van der Waals surface area (Å²) in [6.07, 6.45) is 0.641. The predicted molar refractivity (Wildman–Crippen MR) is 96.6 cm³/mol. The standard InChI is InChI=1S/C17H14ClF2N3OS/c18-12-4-2-1-3-11(12)15-17(24-15,8-22-16(25)23-9-21)10-5-6-13(19)14(20)7-10/h1-7,9,15H,8H2,(H3,21,22,23,25)/t15-,17-/m1/s1. The first-order valence-electron chi connectivity index (χ1n) is 7.38. The lowest BCUT2D eigenvalue weighted by Gasteiger charge is -2.15. The fraction of sp³-hybridized carbons (Fsp3) is 0.176. The number of hydrogen-bond donors (Lipinski definition) is 2. The molecule has 130 valence electrons. The van der Waals surface area contributed by atoms with E-state index in [0.717, 1.165) is 24.0 Å². The molecule has 1 saturated heterocycles. The first kappa shape index (κ1) is 17.7. The van der Waals surface area contributed by atoms with E-state index in [-0.39, 0.29) is 11.7 Å². The van der Waals surface area contributed by atoms with Crippen LogP contribution in [0.4, 0.5) is 8.78 Å². The minimum absolute atomic E-state index is 0.165. The molecule has 4 nitrogen and oxygen atoms in total. The lowest BCUT2D eigenvalue weighted by Crippen LogP contribution is -2.32. The number of halogens is 3. The maximum Gasteiger partial charge on any atom is 0.194 e. The van der Waals surface area contributed by atoms with E-state index >= 15 is 0 Å². The van der Waals surface area contributed by atoms with Gasteiger partial charge in [0.15, 0.2) is 16.7 Å². The fourth-order valence-electron chi connectivity index (χ4n) is 2.71. The van der Waals surface area contributed by atoms with Gasteiger partial charge in [-0.15, -0.1) is 0 Å². The Bertz CT molecular complexity index is 848. The van der Waals surface area contributed by atoms with Crippen molar-refractivity contribution in [3.63, 3.8) is 0 Å². The third-order valence-electron chi connectivity index (χ3n) is 3.98. The molecule has 2 aromatic rings. The van der Waals surface area contributed by atoms with Gasteiger partial charge in [0, 0.05) is 10.6 Å². The van der Waals surface area contributed by atoms with Crippen LogP contribution >= 0.6 is 23.8 Å². The summed E-state index contributed by atoms with van der Waals surface area (Å²) in [4.78, 5) is 3.75. The third-order valence-corrected chi connectivity index (χ3v) is 4.58. The number of benzene rings is 2. The highest BCUT2D eigenvalue weighted by molar-refractivity contribution is 7.80. The highest BCUT2D eigenvalue weighted by Gasteiger charge is 2.59. The third kappa shape index (κ3) is 3.49. The van der Waals surface area contributed by atoms with Crippen LogP contribution in [0.3, 0.4) is 0 Å². The molecule has 8 heteroatoms. The van der Waals surface area contributed by atoms with E-state index in [1.54, 1.807) is 12.1 Å². The number of hydrogen-bond acceptors (Lipinski definition) is 2. The smallest absolute Gasteiger partial charge is 0.194 e. The summed E-state index contributed by atoms with van der Waals surface area (Å²) in [5.74, 6) is -1.88. The van der Waals surface area contributed by atoms with Crippen LogP contribution in [0.15, 0.2) is 47.5 Å². The number of ether oxygens (including phenoxy) is 1. The van der Waals surface area contributed by atoms with Crippen molar-refractivity contribution < 1.29 is 13.5 Å². The van der Waals surface area contributed by atoms with Gasteiger partial charge < -0.3 is 15.8 Å². The molecule has 1 aliphatic heterocycles. The van der Waals surface area contributed by atoms with Gasteiger partial charge in [0.05, 0.1) is 12.9 Å². The summed E-state index contributed by atoms with van der Waals surface area (Å²) in [5, 5.41) is 3.60. The summed E-state index contributed by atoms with van der Waals surface area (Å²) < 4.78 is 32.9. The highest BCUT2D eigenvalue weighted by Crippen LogP contribution is 2.58. The van der Waals surface area contributed by atoms with Crippen molar-refractivity contribution in [2.24, 2.45) is 10.7 Å². The molecule has 3 N–H and O–H groups in total. The van der Waals surface area contributed by atoms with Gasteiger partial charge in [-0.25, -0.2) is 13.8 Å². The van der Waals surface area contributed by atoms with Crippen molar-refractivity contribution in [2.45, 2.75) is 11.7 Å². The summed E-state index contributed by atoms with van der Waals surface area (Å²) in [6, 6.07) is 10.9. The normalized spacial score (nSPS) is 22.1. The topological polar surface area (TPSA) is 62.9 Å². The zero-order valence-corrected chi connectivity index (χ0v) is 14.5. The Morgan fingerprint density at radius 3 is 2.76 bits per heavy atom. The van der Waals surface area contributed by atoms with Crippen molar-refractivity contribution >= 4 is 35.3 Å². The Balaban J connectivity index is 1.94. The molecule has 0 saturated carbocycles. The zero-order chi connectivity index (χ0) is 18.0. The summed E-state index contributed by atoms with van der Waals surface area (Å²) in [5.41, 5.74) is 5.50. The van der Waals surface area contributed by atoms with Gasteiger partial charge in [-0.3, -0.25) is 0 Å². The molecule has 0 unspecified atom stereocenters. The van der Waals surface area contributed by atoms with Gasteiger partial charge in [0.25, 0.3) is 0 Å². The number of rotatable bonds is 4. The maximum atomic E-state index is 13.7. The highest BCUT2D eigenvalue weighted by atomic mass is 35.5.